The fourth-order valence-corrected chi connectivity index (χ4v) is 5.72. The van der Waals surface area contributed by atoms with E-state index in [1.807, 2.05) is 39.8 Å². The van der Waals surface area contributed by atoms with Gasteiger partial charge in [-0.1, -0.05) is 40.7 Å². The summed E-state index contributed by atoms with van der Waals surface area (Å²) in [5.74, 6) is -0.532. The highest BCUT2D eigenvalue weighted by atomic mass is 32.2. The van der Waals surface area contributed by atoms with Crippen molar-refractivity contribution in [3.8, 4) is 0 Å². The van der Waals surface area contributed by atoms with Gasteiger partial charge in [0.2, 0.25) is 0 Å². The number of ether oxygens (including phenoxy) is 1. The molecule has 6 heteroatoms. The number of hydrogen-bond acceptors (Lipinski definition) is 6. The van der Waals surface area contributed by atoms with Gasteiger partial charge in [0.1, 0.15) is 5.60 Å². The van der Waals surface area contributed by atoms with Crippen LogP contribution in [0.4, 0.5) is 0 Å². The van der Waals surface area contributed by atoms with E-state index in [4.69, 9.17) is 9.15 Å². The van der Waals surface area contributed by atoms with Crippen LogP contribution in [0, 0.1) is 19.8 Å². The van der Waals surface area contributed by atoms with Gasteiger partial charge in [0.05, 0.1) is 19.1 Å². The number of aryl methyl sites for hydroxylation is 3. The predicted octanol–water partition coefficient (Wildman–Crippen LogP) is 5.69. The van der Waals surface area contributed by atoms with Gasteiger partial charge in [0.25, 0.3) is 0 Å². The number of esters is 1. The summed E-state index contributed by atoms with van der Waals surface area (Å²) in [6, 6.07) is 3.96. The van der Waals surface area contributed by atoms with E-state index in [9.17, 15) is 14.7 Å². The fourth-order valence-electron chi connectivity index (χ4n) is 4.37. The van der Waals surface area contributed by atoms with Crippen LogP contribution in [0.25, 0.3) is 0 Å². The molecule has 0 radical (unpaired) electrons. The Hall–Kier alpha value is -2.05. The summed E-state index contributed by atoms with van der Waals surface area (Å²) in [6.07, 6.45) is 4.91. The molecule has 3 rings (SSSR count). The van der Waals surface area contributed by atoms with Gasteiger partial charge in [-0.05, 0) is 71.9 Å². The van der Waals surface area contributed by atoms with Crippen molar-refractivity contribution < 1.29 is 23.8 Å². The summed E-state index contributed by atoms with van der Waals surface area (Å²) in [5.41, 5.74) is 3.94. The van der Waals surface area contributed by atoms with Crippen LogP contribution in [-0.4, -0.2) is 27.7 Å². The van der Waals surface area contributed by atoms with Gasteiger partial charge in [-0.2, -0.15) is 0 Å². The van der Waals surface area contributed by atoms with Crippen LogP contribution in [-0.2, 0) is 32.8 Å². The molecule has 2 heterocycles. The highest BCUT2D eigenvalue weighted by molar-refractivity contribution is 8.01. The number of Topliss-reactive ketones (excluding diaryl/α,β-unsaturated/α-hetero) is 1. The van der Waals surface area contributed by atoms with Crippen LogP contribution < -0.4 is 0 Å². The van der Waals surface area contributed by atoms with E-state index in [0.29, 0.717) is 12.8 Å². The lowest BCUT2D eigenvalue weighted by Crippen LogP contribution is -2.52. The van der Waals surface area contributed by atoms with E-state index in [1.54, 1.807) is 12.5 Å². The molecule has 33 heavy (non-hydrogen) atoms. The third kappa shape index (κ3) is 5.38. The van der Waals surface area contributed by atoms with Crippen LogP contribution in [0.15, 0.2) is 34.0 Å². The Kier molecular flexibility index (Phi) is 7.49. The molecule has 1 aliphatic heterocycles. The summed E-state index contributed by atoms with van der Waals surface area (Å²) in [4.78, 5) is 27.4. The summed E-state index contributed by atoms with van der Waals surface area (Å²) in [6.45, 7) is 14.2. The van der Waals surface area contributed by atoms with Crippen LogP contribution in [0.3, 0.4) is 0 Å². The second kappa shape index (κ2) is 9.67. The van der Waals surface area contributed by atoms with E-state index in [2.05, 4.69) is 20.8 Å². The van der Waals surface area contributed by atoms with Crippen LogP contribution in [0.2, 0.25) is 0 Å². The number of cyclic esters (lactones) is 1. The molecule has 0 aliphatic carbocycles. The Morgan fingerprint density at radius 3 is 2.33 bits per heavy atom. The van der Waals surface area contributed by atoms with Crippen molar-refractivity contribution in [2.75, 3.05) is 0 Å². The first kappa shape index (κ1) is 25.6. The summed E-state index contributed by atoms with van der Waals surface area (Å²) < 4.78 is 11.4. The molecule has 180 valence electrons. The molecule has 1 aliphatic rings. The number of rotatable bonds is 7. The summed E-state index contributed by atoms with van der Waals surface area (Å²) in [5, 5.41) is 8.83. The van der Waals surface area contributed by atoms with Crippen molar-refractivity contribution >= 4 is 23.5 Å². The number of ketones is 1. The molecule has 1 fully saturated rings. The summed E-state index contributed by atoms with van der Waals surface area (Å²) in [7, 11) is 0. The maximum atomic E-state index is 13.3. The van der Waals surface area contributed by atoms with E-state index < -0.39 is 16.8 Å². The number of carbonyl (C=O) groups is 2. The van der Waals surface area contributed by atoms with E-state index in [1.165, 1.54) is 11.8 Å². The SMILES string of the molecule is Cc1cc(SC2C(=O)CC(CCc3cocc3C)(C(C)C)OC2=O)c(C(C)(C)C)cc1CO. The minimum absolute atomic E-state index is 0.0137. The van der Waals surface area contributed by atoms with Crippen molar-refractivity contribution in [1.82, 2.24) is 0 Å². The van der Waals surface area contributed by atoms with E-state index >= 15 is 0 Å². The van der Waals surface area contributed by atoms with Crippen LogP contribution in [0.5, 0.6) is 0 Å². The molecule has 0 spiro atoms. The Labute approximate surface area is 201 Å². The maximum Gasteiger partial charge on any atom is 0.327 e. The highest BCUT2D eigenvalue weighted by Gasteiger charge is 2.49. The third-order valence-electron chi connectivity index (χ3n) is 6.78. The molecule has 1 aromatic carbocycles. The maximum absolute atomic E-state index is 13.3. The molecule has 0 saturated carbocycles. The number of furan rings is 1. The Morgan fingerprint density at radius 2 is 1.82 bits per heavy atom. The van der Waals surface area contributed by atoms with Gasteiger partial charge in [0.15, 0.2) is 11.0 Å². The second-order valence-electron chi connectivity index (χ2n) is 10.5. The smallest absolute Gasteiger partial charge is 0.327 e. The standard InChI is InChI=1S/C27H36O5S/c1-16(2)27(9-8-19-15-31-14-18(19)4)12-22(29)24(25(30)32-27)33-23-10-17(3)20(13-28)11-21(23)26(5,6)7/h10-11,14-16,24,28H,8-9,12-13H2,1-7H3. The first-order valence-corrected chi connectivity index (χ1v) is 12.4. The monoisotopic (exact) mass is 472 g/mol. The number of aliphatic hydroxyl groups is 1. The average molecular weight is 473 g/mol. The Balaban J connectivity index is 1.85. The molecule has 1 saturated heterocycles. The van der Waals surface area contributed by atoms with Gasteiger partial charge < -0.3 is 14.3 Å². The lowest BCUT2D eigenvalue weighted by molar-refractivity contribution is -0.176. The van der Waals surface area contributed by atoms with Crippen LogP contribution in [0.1, 0.15) is 75.3 Å². The predicted molar refractivity (Wildman–Crippen MR) is 130 cm³/mol. The van der Waals surface area contributed by atoms with Crippen molar-refractivity contribution in [3.63, 3.8) is 0 Å². The van der Waals surface area contributed by atoms with Gasteiger partial charge in [-0.15, -0.1) is 11.8 Å². The lowest BCUT2D eigenvalue weighted by Gasteiger charge is -2.41. The van der Waals surface area contributed by atoms with Crippen molar-refractivity contribution in [2.24, 2.45) is 5.92 Å². The second-order valence-corrected chi connectivity index (χ2v) is 11.7. The largest absolute Gasteiger partial charge is 0.472 e. The number of thioether (sulfide) groups is 1. The minimum Gasteiger partial charge on any atom is -0.472 e. The number of hydrogen-bond donors (Lipinski definition) is 1. The molecule has 0 amide bonds. The molecular formula is C27H36O5S. The van der Waals surface area contributed by atoms with Crippen molar-refractivity contribution in [1.29, 1.82) is 0 Å². The molecule has 1 N–H and O–H groups in total. The van der Waals surface area contributed by atoms with Crippen molar-refractivity contribution in [3.05, 3.63) is 52.5 Å². The van der Waals surface area contributed by atoms with Gasteiger partial charge in [0, 0.05) is 11.3 Å². The summed E-state index contributed by atoms with van der Waals surface area (Å²) >= 11 is 1.28. The fraction of sp³-hybridized carbons (Fsp3) is 0.556. The van der Waals surface area contributed by atoms with Gasteiger partial charge in [-0.25, -0.2) is 0 Å². The zero-order valence-corrected chi connectivity index (χ0v) is 21.6. The van der Waals surface area contributed by atoms with Gasteiger partial charge >= 0.3 is 5.97 Å². The minimum atomic E-state index is -0.881. The molecular weight excluding hydrogens is 436 g/mol. The first-order valence-electron chi connectivity index (χ1n) is 11.6. The topological polar surface area (TPSA) is 76.7 Å². The molecule has 2 atom stereocenters. The number of carbonyl (C=O) groups excluding carboxylic acids is 2. The first-order chi connectivity index (χ1) is 15.4. The number of benzene rings is 1. The Morgan fingerprint density at radius 1 is 1.12 bits per heavy atom. The van der Waals surface area contributed by atoms with E-state index in [-0.39, 0.29) is 30.1 Å². The molecule has 2 unspecified atom stereocenters. The van der Waals surface area contributed by atoms with Crippen LogP contribution >= 0.6 is 11.8 Å². The third-order valence-corrected chi connectivity index (χ3v) is 8.06. The van der Waals surface area contributed by atoms with E-state index in [0.717, 1.165) is 32.7 Å². The zero-order valence-electron chi connectivity index (χ0n) is 20.8. The number of aliphatic hydroxyl groups excluding tert-OH is 1. The zero-order chi connectivity index (χ0) is 24.6. The normalized spacial score (nSPS) is 21.5. The molecule has 2 aromatic rings. The molecule has 1 aromatic heterocycles. The van der Waals surface area contributed by atoms with Crippen molar-refractivity contribution in [2.45, 2.75) is 95.5 Å². The Bertz CT molecular complexity index is 1010. The molecule has 5 nitrogen and oxygen atoms in total. The lowest BCUT2D eigenvalue weighted by atomic mass is 9.78. The highest BCUT2D eigenvalue weighted by Crippen LogP contribution is 2.43. The quantitative estimate of drug-likeness (QED) is 0.412. The molecule has 0 bridgehead atoms. The van der Waals surface area contributed by atoms with Gasteiger partial charge in [-0.3, -0.25) is 9.59 Å². The average Bonchev–Trinajstić information content (AvgIpc) is 3.13.